The molecule has 2 aromatic rings. The maximum Gasteiger partial charge on any atom is 0.230 e. The van der Waals surface area contributed by atoms with Crippen LogP contribution in [0.1, 0.15) is 44.1 Å². The largest absolute Gasteiger partial charge is 0.508 e. The number of piperazine rings is 1. The molecule has 6 nitrogen and oxygen atoms in total. The van der Waals surface area contributed by atoms with Gasteiger partial charge in [-0.25, -0.2) is 0 Å². The van der Waals surface area contributed by atoms with Crippen LogP contribution in [0.3, 0.4) is 0 Å². The Morgan fingerprint density at radius 3 is 2.50 bits per heavy atom. The van der Waals surface area contributed by atoms with Gasteiger partial charge in [-0.2, -0.15) is 0 Å². The van der Waals surface area contributed by atoms with Crippen LogP contribution in [0.2, 0.25) is 0 Å². The van der Waals surface area contributed by atoms with Crippen LogP contribution in [0.5, 0.6) is 11.5 Å². The lowest BCUT2D eigenvalue weighted by molar-refractivity contribution is -0.124. The molecule has 5 rings (SSSR count). The molecule has 182 valence electrons. The van der Waals surface area contributed by atoms with E-state index in [2.05, 4.69) is 39.0 Å². The van der Waals surface area contributed by atoms with Gasteiger partial charge in [0.2, 0.25) is 5.91 Å². The van der Waals surface area contributed by atoms with Crippen LogP contribution in [-0.4, -0.2) is 61.8 Å². The third-order valence-electron chi connectivity index (χ3n) is 7.90. The minimum Gasteiger partial charge on any atom is -0.508 e. The number of anilines is 2. The van der Waals surface area contributed by atoms with Crippen molar-refractivity contribution in [2.45, 2.75) is 51.0 Å². The monoisotopic (exact) mass is 463 g/mol. The summed E-state index contributed by atoms with van der Waals surface area (Å²) in [6, 6.07) is 14.1. The highest BCUT2D eigenvalue weighted by Crippen LogP contribution is 2.36. The van der Waals surface area contributed by atoms with Crippen LogP contribution in [0.15, 0.2) is 42.5 Å². The Kier molecular flexibility index (Phi) is 6.95. The zero-order valence-electron chi connectivity index (χ0n) is 20.3. The molecule has 0 aromatic heterocycles. The molecule has 34 heavy (non-hydrogen) atoms. The smallest absolute Gasteiger partial charge is 0.230 e. The zero-order valence-corrected chi connectivity index (χ0v) is 20.3. The van der Waals surface area contributed by atoms with Crippen molar-refractivity contribution in [3.8, 4) is 11.5 Å². The number of para-hydroxylation sites is 1. The number of amides is 1. The minimum atomic E-state index is 0.182. The van der Waals surface area contributed by atoms with Crippen molar-refractivity contribution >= 4 is 17.3 Å². The second kappa shape index (κ2) is 10.3. The van der Waals surface area contributed by atoms with Crippen molar-refractivity contribution in [1.82, 2.24) is 4.90 Å². The molecule has 2 aliphatic heterocycles. The average Bonchev–Trinajstić information content (AvgIpc) is 2.89. The van der Waals surface area contributed by atoms with E-state index in [0.29, 0.717) is 11.7 Å². The Balaban J connectivity index is 1.28. The number of carbonyl (C=O) groups excluding carboxylic acids is 1. The summed E-state index contributed by atoms with van der Waals surface area (Å²) in [5.41, 5.74) is 3.48. The molecule has 0 bridgehead atoms. The van der Waals surface area contributed by atoms with Crippen LogP contribution in [0, 0.1) is 5.92 Å². The van der Waals surface area contributed by atoms with Crippen LogP contribution < -0.4 is 14.5 Å². The molecule has 1 saturated carbocycles. The number of hydrogen-bond acceptors (Lipinski definition) is 5. The summed E-state index contributed by atoms with van der Waals surface area (Å²) in [7, 11) is 1.65. The Morgan fingerprint density at radius 2 is 1.74 bits per heavy atom. The summed E-state index contributed by atoms with van der Waals surface area (Å²) in [6.07, 6.45) is 7.77. The van der Waals surface area contributed by atoms with Crippen LogP contribution in [0.25, 0.3) is 0 Å². The molecule has 1 aliphatic carbocycles. The van der Waals surface area contributed by atoms with Crippen molar-refractivity contribution in [2.75, 3.05) is 49.6 Å². The van der Waals surface area contributed by atoms with E-state index < -0.39 is 0 Å². The minimum absolute atomic E-state index is 0.182. The van der Waals surface area contributed by atoms with Crippen LogP contribution in [0.4, 0.5) is 11.4 Å². The fraction of sp³-hybridized carbons (Fsp3) is 0.536. The van der Waals surface area contributed by atoms with E-state index >= 15 is 0 Å². The fourth-order valence-corrected chi connectivity index (χ4v) is 6.02. The SMILES string of the molecule is COc1cc(O)ccc1N1CCN(CC2CCc3ccccc3N2C(=O)C2CCCCC2)CC1. The van der Waals surface area contributed by atoms with Crippen molar-refractivity contribution in [3.63, 3.8) is 0 Å². The second-order valence-electron chi connectivity index (χ2n) is 10.0. The topological polar surface area (TPSA) is 56.3 Å². The van der Waals surface area contributed by atoms with Gasteiger partial charge in [0.25, 0.3) is 0 Å². The van der Waals surface area contributed by atoms with Gasteiger partial charge in [0.15, 0.2) is 0 Å². The molecule has 0 radical (unpaired) electrons. The summed E-state index contributed by atoms with van der Waals surface area (Å²) in [6.45, 7) is 4.64. The van der Waals surface area contributed by atoms with E-state index in [1.165, 1.54) is 24.8 Å². The number of aromatic hydroxyl groups is 1. The predicted molar refractivity (Wildman–Crippen MR) is 136 cm³/mol. The highest BCUT2D eigenvalue weighted by molar-refractivity contribution is 5.97. The lowest BCUT2D eigenvalue weighted by atomic mass is 9.86. The molecular formula is C28H37N3O3. The molecule has 1 amide bonds. The zero-order chi connectivity index (χ0) is 23.5. The van der Waals surface area contributed by atoms with Gasteiger partial charge >= 0.3 is 0 Å². The quantitative estimate of drug-likeness (QED) is 0.710. The molecule has 1 unspecified atom stereocenters. The van der Waals surface area contributed by atoms with E-state index in [1.807, 2.05) is 6.07 Å². The first-order valence-electron chi connectivity index (χ1n) is 12.9. The van der Waals surface area contributed by atoms with Gasteiger partial charge in [-0.1, -0.05) is 37.5 Å². The molecule has 2 aromatic carbocycles. The molecule has 6 heteroatoms. The molecule has 1 atom stereocenters. The summed E-state index contributed by atoms with van der Waals surface area (Å²) in [5.74, 6) is 1.46. The van der Waals surface area contributed by atoms with Crippen LogP contribution >= 0.6 is 0 Å². The second-order valence-corrected chi connectivity index (χ2v) is 10.0. The van der Waals surface area contributed by atoms with Gasteiger partial charge in [-0.05, 0) is 49.4 Å². The van der Waals surface area contributed by atoms with E-state index in [-0.39, 0.29) is 17.7 Å². The van der Waals surface area contributed by atoms with Crippen molar-refractivity contribution in [1.29, 1.82) is 0 Å². The number of ether oxygens (including phenoxy) is 1. The maximum absolute atomic E-state index is 13.8. The number of phenols is 1. The Labute approximate surface area is 203 Å². The number of fused-ring (bicyclic) bond motifs is 1. The van der Waals surface area contributed by atoms with Gasteiger partial charge in [-0.3, -0.25) is 9.69 Å². The predicted octanol–water partition coefficient (Wildman–Crippen LogP) is 4.45. The molecule has 1 N–H and O–H groups in total. The van der Waals surface area contributed by atoms with Gasteiger partial charge in [-0.15, -0.1) is 0 Å². The Hall–Kier alpha value is -2.73. The van der Waals surface area contributed by atoms with E-state index in [0.717, 1.165) is 69.8 Å². The number of methoxy groups -OCH3 is 1. The number of nitrogens with zero attached hydrogens (tertiary/aromatic N) is 3. The summed E-state index contributed by atoms with van der Waals surface area (Å²) < 4.78 is 5.50. The number of rotatable bonds is 5. The molecule has 3 aliphatic rings. The van der Waals surface area contributed by atoms with Crippen molar-refractivity contribution in [3.05, 3.63) is 48.0 Å². The number of hydrogen-bond donors (Lipinski definition) is 1. The number of benzene rings is 2. The first-order valence-corrected chi connectivity index (χ1v) is 12.9. The first-order chi connectivity index (χ1) is 16.6. The van der Waals surface area contributed by atoms with Crippen molar-refractivity contribution < 1.29 is 14.6 Å². The number of aryl methyl sites for hydroxylation is 1. The lowest BCUT2D eigenvalue weighted by Crippen LogP contribution is -2.55. The van der Waals surface area contributed by atoms with Gasteiger partial charge in [0.1, 0.15) is 11.5 Å². The summed E-state index contributed by atoms with van der Waals surface area (Å²) in [5, 5.41) is 9.79. The average molecular weight is 464 g/mol. The van der Waals surface area contributed by atoms with Crippen molar-refractivity contribution in [2.24, 2.45) is 5.92 Å². The van der Waals surface area contributed by atoms with Gasteiger partial charge in [0, 0.05) is 56.4 Å². The Bertz CT molecular complexity index is 996. The van der Waals surface area contributed by atoms with Crippen LogP contribution in [-0.2, 0) is 11.2 Å². The van der Waals surface area contributed by atoms with Gasteiger partial charge in [0.05, 0.1) is 12.8 Å². The highest BCUT2D eigenvalue weighted by atomic mass is 16.5. The van der Waals surface area contributed by atoms with E-state index in [4.69, 9.17) is 4.74 Å². The summed E-state index contributed by atoms with van der Waals surface area (Å²) in [4.78, 5) is 20.8. The Morgan fingerprint density at radius 1 is 0.971 bits per heavy atom. The van der Waals surface area contributed by atoms with E-state index in [1.54, 1.807) is 19.2 Å². The fourth-order valence-electron chi connectivity index (χ4n) is 6.02. The number of carbonyl (C=O) groups is 1. The third kappa shape index (κ3) is 4.74. The molecule has 2 heterocycles. The van der Waals surface area contributed by atoms with E-state index in [9.17, 15) is 9.90 Å². The molecular weight excluding hydrogens is 426 g/mol. The lowest BCUT2D eigenvalue weighted by Gasteiger charge is -2.44. The normalized spacial score (nSPS) is 21.9. The third-order valence-corrected chi connectivity index (χ3v) is 7.90. The molecule has 2 fully saturated rings. The molecule has 0 spiro atoms. The summed E-state index contributed by atoms with van der Waals surface area (Å²) >= 11 is 0. The maximum atomic E-state index is 13.8. The molecule has 1 saturated heterocycles. The van der Waals surface area contributed by atoms with Gasteiger partial charge < -0.3 is 19.6 Å². The highest BCUT2D eigenvalue weighted by Gasteiger charge is 2.36. The standard InChI is InChI=1S/C28H37N3O3/c1-34-27-19-24(32)13-14-26(27)30-17-15-29(16-18-30)20-23-12-11-21-7-5-6-10-25(21)31(23)28(33)22-8-3-2-4-9-22/h5-7,10,13-14,19,22-23,32H,2-4,8-9,11-12,15-18,20H2,1H3. The number of phenolic OH excluding ortho intramolecular Hbond substituents is 1. The first kappa shape index (κ1) is 23.0.